The molecule has 0 aliphatic carbocycles. The minimum absolute atomic E-state index is 0.301. The number of carbonyl (C=O) groups excluding carboxylic acids is 1. The highest BCUT2D eigenvalue weighted by atomic mass is 16.5. The summed E-state index contributed by atoms with van der Waals surface area (Å²) in [6, 6.07) is 22.6. The fourth-order valence-electron chi connectivity index (χ4n) is 3.01. The average Bonchev–Trinajstić information content (AvgIpc) is 2.52. The number of fused-ring (bicyclic) bond motifs is 4. The van der Waals surface area contributed by atoms with Crippen molar-refractivity contribution < 1.29 is 9.53 Å². The molecule has 0 unspecified atom stereocenters. The summed E-state index contributed by atoms with van der Waals surface area (Å²) in [6.07, 6.45) is 0. The Morgan fingerprint density at radius 3 is 2.23 bits per heavy atom. The summed E-state index contributed by atoms with van der Waals surface area (Å²) in [6.45, 7) is 1.43. The molecule has 0 heterocycles. The summed E-state index contributed by atoms with van der Waals surface area (Å²) in [5.74, 6) is 0.316. The largest absolute Gasteiger partial charge is 0.426 e. The zero-order valence-corrected chi connectivity index (χ0v) is 12.2. The van der Waals surface area contributed by atoms with E-state index in [1.54, 1.807) is 0 Å². The van der Waals surface area contributed by atoms with Crippen LogP contribution >= 0.6 is 0 Å². The molecule has 4 aromatic rings. The van der Waals surface area contributed by atoms with Crippen molar-refractivity contribution in [1.82, 2.24) is 0 Å². The van der Waals surface area contributed by atoms with Crippen LogP contribution in [0.25, 0.3) is 32.3 Å². The molecule has 0 saturated carbocycles. The first-order valence-electron chi connectivity index (χ1n) is 7.25. The summed E-state index contributed by atoms with van der Waals surface area (Å²) in [5.41, 5.74) is 0. The Morgan fingerprint density at radius 1 is 0.773 bits per heavy atom. The second-order valence-corrected chi connectivity index (χ2v) is 5.43. The Balaban J connectivity index is 2.16. The van der Waals surface area contributed by atoms with Crippen molar-refractivity contribution in [2.24, 2.45) is 0 Å². The normalized spacial score (nSPS) is 11.1. The van der Waals surface area contributed by atoms with E-state index in [4.69, 9.17) is 4.74 Å². The summed E-state index contributed by atoms with van der Waals surface area (Å²) in [7, 11) is 0. The molecule has 0 aliphatic heterocycles. The van der Waals surface area contributed by atoms with Gasteiger partial charge in [0.05, 0.1) is 0 Å². The van der Waals surface area contributed by atoms with Crippen LogP contribution in [0.3, 0.4) is 0 Å². The number of esters is 1. The number of hydrogen-bond acceptors (Lipinski definition) is 2. The van der Waals surface area contributed by atoms with Crippen molar-refractivity contribution in [2.45, 2.75) is 6.92 Å². The molecule has 0 bridgehead atoms. The van der Waals surface area contributed by atoms with Crippen LogP contribution in [0.1, 0.15) is 6.92 Å². The van der Waals surface area contributed by atoms with Gasteiger partial charge in [-0.05, 0) is 45.1 Å². The van der Waals surface area contributed by atoms with E-state index in [1.165, 1.54) is 17.7 Å². The maximum absolute atomic E-state index is 11.4. The molecule has 0 atom stereocenters. The van der Waals surface area contributed by atoms with Gasteiger partial charge < -0.3 is 4.74 Å². The third kappa shape index (κ3) is 2.01. The molecule has 0 amide bonds. The molecule has 0 aliphatic rings. The number of rotatable bonds is 1. The molecule has 2 heteroatoms. The van der Waals surface area contributed by atoms with E-state index >= 15 is 0 Å². The van der Waals surface area contributed by atoms with Crippen molar-refractivity contribution in [3.63, 3.8) is 0 Å². The molecule has 4 aromatic carbocycles. The quantitative estimate of drug-likeness (QED) is 0.211. The smallest absolute Gasteiger partial charge is 0.308 e. The fourth-order valence-corrected chi connectivity index (χ4v) is 3.01. The summed E-state index contributed by atoms with van der Waals surface area (Å²) in [4.78, 5) is 11.4. The molecule has 2 nitrogen and oxygen atoms in total. The van der Waals surface area contributed by atoms with Gasteiger partial charge in [-0.15, -0.1) is 0 Å². The van der Waals surface area contributed by atoms with Gasteiger partial charge in [0.15, 0.2) is 0 Å². The predicted molar refractivity (Wildman–Crippen MR) is 90.3 cm³/mol. The topological polar surface area (TPSA) is 26.3 Å². The molecule has 0 radical (unpaired) electrons. The second-order valence-electron chi connectivity index (χ2n) is 5.43. The van der Waals surface area contributed by atoms with Gasteiger partial charge in [-0.3, -0.25) is 4.79 Å². The molecular formula is C20H14O2. The lowest BCUT2D eigenvalue weighted by Crippen LogP contribution is -2.01. The minimum atomic E-state index is -0.301. The molecule has 0 spiro atoms. The maximum Gasteiger partial charge on any atom is 0.308 e. The number of benzene rings is 4. The van der Waals surface area contributed by atoms with Crippen LogP contribution in [-0.2, 0) is 4.79 Å². The van der Waals surface area contributed by atoms with Gasteiger partial charge in [0.1, 0.15) is 5.75 Å². The molecule has 0 N–H and O–H groups in total. The van der Waals surface area contributed by atoms with Crippen LogP contribution < -0.4 is 4.74 Å². The van der Waals surface area contributed by atoms with Crippen molar-refractivity contribution in [3.05, 3.63) is 66.7 Å². The highest BCUT2D eigenvalue weighted by molar-refractivity contribution is 6.14. The highest BCUT2D eigenvalue weighted by Crippen LogP contribution is 2.35. The van der Waals surface area contributed by atoms with Crippen LogP contribution in [0.5, 0.6) is 5.75 Å². The second kappa shape index (κ2) is 4.85. The SMILES string of the molecule is CC(=O)Oc1cccc2ccc3cc4ccccc4cc3c12. The molecule has 106 valence electrons. The first-order chi connectivity index (χ1) is 10.7. The summed E-state index contributed by atoms with van der Waals surface area (Å²) in [5, 5.41) is 6.70. The van der Waals surface area contributed by atoms with Crippen molar-refractivity contribution >= 4 is 38.3 Å². The van der Waals surface area contributed by atoms with Gasteiger partial charge in [-0.1, -0.05) is 48.5 Å². The predicted octanol–water partition coefficient (Wildman–Crippen LogP) is 5.07. The monoisotopic (exact) mass is 286 g/mol. The van der Waals surface area contributed by atoms with E-state index < -0.39 is 0 Å². The van der Waals surface area contributed by atoms with Crippen molar-refractivity contribution in [2.75, 3.05) is 0 Å². The highest BCUT2D eigenvalue weighted by Gasteiger charge is 2.09. The van der Waals surface area contributed by atoms with E-state index in [9.17, 15) is 4.79 Å². The average molecular weight is 286 g/mol. The van der Waals surface area contributed by atoms with Gasteiger partial charge in [-0.25, -0.2) is 0 Å². The summed E-state index contributed by atoms with van der Waals surface area (Å²) >= 11 is 0. The lowest BCUT2D eigenvalue weighted by molar-refractivity contribution is -0.131. The Labute approximate surface area is 127 Å². The first-order valence-corrected chi connectivity index (χ1v) is 7.25. The number of hydrogen-bond donors (Lipinski definition) is 0. The molecule has 22 heavy (non-hydrogen) atoms. The van der Waals surface area contributed by atoms with E-state index in [0.29, 0.717) is 5.75 Å². The van der Waals surface area contributed by atoms with Crippen LogP contribution in [0.2, 0.25) is 0 Å². The van der Waals surface area contributed by atoms with Crippen LogP contribution in [0.15, 0.2) is 66.7 Å². The lowest BCUT2D eigenvalue weighted by atomic mass is 9.98. The third-order valence-corrected chi connectivity index (χ3v) is 3.94. The zero-order chi connectivity index (χ0) is 15.1. The molecule has 0 saturated heterocycles. The van der Waals surface area contributed by atoms with Crippen LogP contribution in [0.4, 0.5) is 0 Å². The van der Waals surface area contributed by atoms with E-state index in [0.717, 1.165) is 21.5 Å². The zero-order valence-electron chi connectivity index (χ0n) is 12.2. The van der Waals surface area contributed by atoms with Gasteiger partial charge in [-0.2, -0.15) is 0 Å². The number of ether oxygens (including phenoxy) is 1. The van der Waals surface area contributed by atoms with Gasteiger partial charge >= 0.3 is 5.97 Å². The van der Waals surface area contributed by atoms with E-state index in [-0.39, 0.29) is 5.97 Å². The number of carbonyl (C=O) groups is 1. The molecule has 0 fully saturated rings. The summed E-state index contributed by atoms with van der Waals surface area (Å²) < 4.78 is 5.41. The van der Waals surface area contributed by atoms with E-state index in [2.05, 4.69) is 36.4 Å². The Hall–Kier alpha value is -2.87. The van der Waals surface area contributed by atoms with Crippen LogP contribution in [-0.4, -0.2) is 5.97 Å². The van der Waals surface area contributed by atoms with E-state index in [1.807, 2.05) is 30.3 Å². The van der Waals surface area contributed by atoms with Gasteiger partial charge in [0.25, 0.3) is 0 Å². The Morgan fingerprint density at radius 2 is 1.45 bits per heavy atom. The Bertz CT molecular complexity index is 1030. The fraction of sp³-hybridized carbons (Fsp3) is 0.0500. The van der Waals surface area contributed by atoms with Crippen molar-refractivity contribution in [1.29, 1.82) is 0 Å². The minimum Gasteiger partial charge on any atom is -0.426 e. The van der Waals surface area contributed by atoms with Crippen LogP contribution in [0, 0.1) is 0 Å². The Kier molecular flexibility index (Phi) is 2.83. The van der Waals surface area contributed by atoms with Crippen molar-refractivity contribution in [3.8, 4) is 5.75 Å². The lowest BCUT2D eigenvalue weighted by Gasteiger charge is -2.10. The standard InChI is InChI=1S/C20H14O2/c1-13(21)22-19-8-4-7-14-9-10-17-11-15-5-2-3-6-16(15)12-18(17)20(14)19/h2-12H,1H3. The molecular weight excluding hydrogens is 272 g/mol. The van der Waals surface area contributed by atoms with Gasteiger partial charge in [0.2, 0.25) is 0 Å². The first kappa shape index (κ1) is 12.8. The molecule has 0 aromatic heterocycles. The van der Waals surface area contributed by atoms with Gasteiger partial charge in [0, 0.05) is 12.3 Å². The third-order valence-electron chi connectivity index (χ3n) is 3.94. The molecule has 4 rings (SSSR count). The maximum atomic E-state index is 11.4.